The normalized spacial score (nSPS) is 14.6. The maximum absolute atomic E-state index is 6.28. The van der Waals surface area contributed by atoms with Crippen molar-refractivity contribution in [3.63, 3.8) is 0 Å². The third kappa shape index (κ3) is 2.16. The van der Waals surface area contributed by atoms with Crippen molar-refractivity contribution in [3.05, 3.63) is 48.3 Å². The van der Waals surface area contributed by atoms with Crippen LogP contribution in [0.5, 0.6) is 0 Å². The maximum atomic E-state index is 6.28. The average Bonchev–Trinajstić information content (AvgIpc) is 3.19. The van der Waals surface area contributed by atoms with Crippen LogP contribution >= 0.6 is 0 Å². The molecular formula is C16H19N3. The fourth-order valence-corrected chi connectivity index (χ4v) is 2.38. The molecule has 1 saturated carbocycles. The topological polar surface area (TPSA) is 43.8 Å². The van der Waals surface area contributed by atoms with E-state index in [0.717, 1.165) is 29.4 Å². The molecule has 0 atom stereocenters. The van der Waals surface area contributed by atoms with Crippen molar-refractivity contribution in [1.82, 2.24) is 9.55 Å². The molecule has 1 heterocycles. The van der Waals surface area contributed by atoms with Gasteiger partial charge in [-0.1, -0.05) is 35.9 Å². The zero-order valence-electron chi connectivity index (χ0n) is 11.3. The smallest absolute Gasteiger partial charge is 0.132 e. The van der Waals surface area contributed by atoms with Crippen LogP contribution in [0.25, 0.3) is 11.3 Å². The second-order valence-electron chi connectivity index (χ2n) is 5.24. The SMILES string of the molecule is C=CCn1c(C2CC2)nc(-c2ccc(C)cc2)c1N. The van der Waals surface area contributed by atoms with Crippen LogP contribution in [0.2, 0.25) is 0 Å². The van der Waals surface area contributed by atoms with Crippen LogP contribution in [0, 0.1) is 6.92 Å². The number of aromatic nitrogens is 2. The summed E-state index contributed by atoms with van der Waals surface area (Å²) in [5.41, 5.74) is 9.52. The van der Waals surface area contributed by atoms with Gasteiger partial charge in [0.15, 0.2) is 0 Å². The molecule has 19 heavy (non-hydrogen) atoms. The van der Waals surface area contributed by atoms with Gasteiger partial charge in [0.05, 0.1) is 0 Å². The molecule has 0 aliphatic heterocycles. The highest BCUT2D eigenvalue weighted by Gasteiger charge is 2.30. The molecule has 1 aliphatic carbocycles. The largest absolute Gasteiger partial charge is 0.383 e. The number of benzene rings is 1. The lowest BCUT2D eigenvalue weighted by molar-refractivity contribution is 0.750. The number of nitrogens with zero attached hydrogens (tertiary/aromatic N) is 2. The van der Waals surface area contributed by atoms with Crippen molar-refractivity contribution in [1.29, 1.82) is 0 Å². The molecule has 1 aliphatic rings. The third-order valence-corrected chi connectivity index (χ3v) is 3.62. The molecule has 0 spiro atoms. The van der Waals surface area contributed by atoms with Crippen LogP contribution in [-0.4, -0.2) is 9.55 Å². The van der Waals surface area contributed by atoms with Crippen LogP contribution in [0.4, 0.5) is 5.82 Å². The lowest BCUT2D eigenvalue weighted by atomic mass is 10.1. The van der Waals surface area contributed by atoms with Crippen LogP contribution in [-0.2, 0) is 6.54 Å². The van der Waals surface area contributed by atoms with E-state index < -0.39 is 0 Å². The van der Waals surface area contributed by atoms with Crippen LogP contribution < -0.4 is 5.73 Å². The average molecular weight is 253 g/mol. The van der Waals surface area contributed by atoms with Crippen molar-refractivity contribution < 1.29 is 0 Å². The number of hydrogen-bond acceptors (Lipinski definition) is 2. The van der Waals surface area contributed by atoms with E-state index in [9.17, 15) is 0 Å². The molecule has 98 valence electrons. The highest BCUT2D eigenvalue weighted by atomic mass is 15.1. The number of rotatable bonds is 4. The molecular weight excluding hydrogens is 234 g/mol. The minimum absolute atomic E-state index is 0.585. The Bertz CT molecular complexity index is 604. The summed E-state index contributed by atoms with van der Waals surface area (Å²) in [6.45, 7) is 6.62. The van der Waals surface area contributed by atoms with Crippen molar-refractivity contribution in [2.45, 2.75) is 32.2 Å². The van der Waals surface area contributed by atoms with E-state index in [1.165, 1.54) is 18.4 Å². The number of nitrogens with two attached hydrogens (primary N) is 1. The van der Waals surface area contributed by atoms with E-state index in [1.54, 1.807) is 0 Å². The molecule has 3 nitrogen and oxygen atoms in total. The van der Waals surface area contributed by atoms with E-state index in [1.807, 2.05) is 6.08 Å². The van der Waals surface area contributed by atoms with Gasteiger partial charge < -0.3 is 10.3 Å². The number of imidazole rings is 1. The predicted octanol–water partition coefficient (Wildman–Crippen LogP) is 3.50. The minimum Gasteiger partial charge on any atom is -0.383 e. The summed E-state index contributed by atoms with van der Waals surface area (Å²) in [4.78, 5) is 4.78. The fraction of sp³-hybridized carbons (Fsp3) is 0.312. The highest BCUT2D eigenvalue weighted by Crippen LogP contribution is 2.42. The Morgan fingerprint density at radius 1 is 1.37 bits per heavy atom. The van der Waals surface area contributed by atoms with Gasteiger partial charge in [-0.2, -0.15) is 0 Å². The molecule has 0 amide bonds. The summed E-state index contributed by atoms with van der Waals surface area (Å²) in [7, 11) is 0. The first kappa shape index (κ1) is 12.0. The first-order valence-electron chi connectivity index (χ1n) is 6.74. The Labute approximate surface area is 113 Å². The van der Waals surface area contributed by atoms with E-state index in [-0.39, 0.29) is 0 Å². The first-order valence-corrected chi connectivity index (χ1v) is 6.74. The first-order chi connectivity index (χ1) is 9.20. The fourth-order valence-electron chi connectivity index (χ4n) is 2.38. The number of aryl methyl sites for hydroxylation is 1. The van der Waals surface area contributed by atoms with Gasteiger partial charge in [-0.05, 0) is 19.8 Å². The van der Waals surface area contributed by atoms with Crippen molar-refractivity contribution >= 4 is 5.82 Å². The van der Waals surface area contributed by atoms with Crippen molar-refractivity contribution in [2.24, 2.45) is 0 Å². The Hall–Kier alpha value is -2.03. The van der Waals surface area contributed by atoms with Gasteiger partial charge in [-0.25, -0.2) is 4.98 Å². The highest BCUT2D eigenvalue weighted by molar-refractivity contribution is 5.71. The Kier molecular flexibility index (Phi) is 2.90. The summed E-state index contributed by atoms with van der Waals surface area (Å²) >= 11 is 0. The van der Waals surface area contributed by atoms with E-state index in [4.69, 9.17) is 10.7 Å². The Morgan fingerprint density at radius 3 is 2.63 bits per heavy atom. The lowest BCUT2D eigenvalue weighted by Crippen LogP contribution is -2.05. The van der Waals surface area contributed by atoms with Gasteiger partial charge in [-0.15, -0.1) is 6.58 Å². The summed E-state index contributed by atoms with van der Waals surface area (Å²) in [5, 5.41) is 0. The maximum Gasteiger partial charge on any atom is 0.132 e. The molecule has 0 unspecified atom stereocenters. The number of anilines is 1. The standard InChI is InChI=1S/C16H19N3/c1-3-10-19-15(17)14(18-16(19)13-8-9-13)12-6-4-11(2)5-7-12/h3-7,13H,1,8-10,17H2,2H3. The second-order valence-corrected chi connectivity index (χ2v) is 5.24. The molecule has 2 aromatic rings. The van der Waals surface area contributed by atoms with Crippen LogP contribution in [0.1, 0.15) is 30.1 Å². The zero-order chi connectivity index (χ0) is 13.4. The molecule has 0 bridgehead atoms. The second kappa shape index (κ2) is 4.57. The van der Waals surface area contributed by atoms with Gasteiger partial charge in [0, 0.05) is 18.0 Å². The summed E-state index contributed by atoms with van der Waals surface area (Å²) in [6, 6.07) is 8.36. The molecule has 1 aromatic heterocycles. The van der Waals surface area contributed by atoms with Crippen molar-refractivity contribution in [2.75, 3.05) is 5.73 Å². The van der Waals surface area contributed by atoms with Gasteiger partial charge >= 0.3 is 0 Å². The summed E-state index contributed by atoms with van der Waals surface area (Å²) in [6.07, 6.45) is 4.32. The van der Waals surface area contributed by atoms with Gasteiger partial charge in [-0.3, -0.25) is 0 Å². The van der Waals surface area contributed by atoms with Gasteiger partial charge in [0.2, 0.25) is 0 Å². The molecule has 2 N–H and O–H groups in total. The van der Waals surface area contributed by atoms with E-state index in [0.29, 0.717) is 5.92 Å². The van der Waals surface area contributed by atoms with Crippen LogP contribution in [0.15, 0.2) is 36.9 Å². The number of hydrogen-bond donors (Lipinski definition) is 1. The number of nitrogen functional groups attached to an aromatic ring is 1. The lowest BCUT2D eigenvalue weighted by Gasteiger charge is -2.05. The predicted molar refractivity (Wildman–Crippen MR) is 79.0 cm³/mol. The third-order valence-electron chi connectivity index (χ3n) is 3.62. The molecule has 0 radical (unpaired) electrons. The summed E-state index contributed by atoms with van der Waals surface area (Å²) in [5.74, 6) is 2.46. The monoisotopic (exact) mass is 253 g/mol. The Morgan fingerprint density at radius 2 is 2.05 bits per heavy atom. The molecule has 3 heteroatoms. The molecule has 0 saturated heterocycles. The van der Waals surface area contributed by atoms with Crippen molar-refractivity contribution in [3.8, 4) is 11.3 Å². The quantitative estimate of drug-likeness (QED) is 0.847. The van der Waals surface area contributed by atoms with Gasteiger partial charge in [0.1, 0.15) is 17.3 Å². The Balaban J connectivity index is 2.08. The van der Waals surface area contributed by atoms with E-state index >= 15 is 0 Å². The molecule has 1 fully saturated rings. The molecule has 3 rings (SSSR count). The number of allylic oxidation sites excluding steroid dienone is 1. The van der Waals surface area contributed by atoms with E-state index in [2.05, 4.69) is 42.3 Å². The molecule has 1 aromatic carbocycles. The van der Waals surface area contributed by atoms with Crippen LogP contribution in [0.3, 0.4) is 0 Å². The summed E-state index contributed by atoms with van der Waals surface area (Å²) < 4.78 is 2.10. The van der Waals surface area contributed by atoms with Gasteiger partial charge in [0.25, 0.3) is 0 Å². The minimum atomic E-state index is 0.585. The zero-order valence-corrected chi connectivity index (χ0v) is 11.3.